The van der Waals surface area contributed by atoms with Crippen LogP contribution >= 0.6 is 12.4 Å². The van der Waals surface area contributed by atoms with Crippen LogP contribution in [0.5, 0.6) is 5.75 Å². The summed E-state index contributed by atoms with van der Waals surface area (Å²) in [4.78, 5) is 41.2. The first kappa shape index (κ1) is 26.2. The number of amides is 3. The largest absolute Gasteiger partial charge is 0.493 e. The van der Waals surface area contributed by atoms with E-state index in [1.807, 2.05) is 38.1 Å². The molecule has 34 heavy (non-hydrogen) atoms. The van der Waals surface area contributed by atoms with E-state index >= 15 is 0 Å². The van der Waals surface area contributed by atoms with Crippen LogP contribution in [0.3, 0.4) is 0 Å². The molecule has 0 radical (unpaired) electrons. The van der Waals surface area contributed by atoms with Gasteiger partial charge in [0.15, 0.2) is 0 Å². The van der Waals surface area contributed by atoms with Crippen LogP contribution in [0.2, 0.25) is 0 Å². The minimum Gasteiger partial charge on any atom is -0.493 e. The van der Waals surface area contributed by atoms with Crippen LogP contribution in [-0.2, 0) is 19.1 Å². The van der Waals surface area contributed by atoms with Gasteiger partial charge in [-0.05, 0) is 31.9 Å². The van der Waals surface area contributed by atoms with Crippen molar-refractivity contribution in [3.8, 4) is 5.75 Å². The van der Waals surface area contributed by atoms with Crippen molar-refractivity contribution in [2.24, 2.45) is 5.41 Å². The van der Waals surface area contributed by atoms with E-state index in [-0.39, 0.29) is 36.2 Å². The highest BCUT2D eigenvalue weighted by atomic mass is 35.5. The molecule has 2 fully saturated rings. The fourth-order valence-electron chi connectivity index (χ4n) is 5.02. The Morgan fingerprint density at radius 2 is 1.82 bits per heavy atom. The smallest absolute Gasteiger partial charge is 0.247 e. The van der Waals surface area contributed by atoms with Crippen molar-refractivity contribution in [1.82, 2.24) is 20.9 Å². The van der Waals surface area contributed by atoms with Gasteiger partial charge in [0.1, 0.15) is 24.1 Å². The molecule has 0 aliphatic carbocycles. The molecule has 3 aliphatic heterocycles. The molecule has 5 atom stereocenters. The number of hydrogen-bond donors (Lipinski definition) is 3. The minimum atomic E-state index is -0.730. The molecule has 0 unspecified atom stereocenters. The van der Waals surface area contributed by atoms with E-state index in [9.17, 15) is 14.4 Å². The molecular formula is C24H35ClN4O5. The number of halogens is 1. The number of likely N-dealkylation sites (N-methyl/N-ethyl adjacent to an activating group) is 1. The first-order valence-corrected chi connectivity index (χ1v) is 11.7. The van der Waals surface area contributed by atoms with Crippen molar-refractivity contribution in [3.05, 3.63) is 29.8 Å². The third-order valence-corrected chi connectivity index (χ3v) is 6.96. The lowest BCUT2D eigenvalue weighted by Crippen LogP contribution is -2.58. The van der Waals surface area contributed by atoms with Crippen LogP contribution in [0.1, 0.15) is 51.6 Å². The summed E-state index contributed by atoms with van der Waals surface area (Å²) in [5.41, 5.74) is 0.452. The predicted octanol–water partition coefficient (Wildman–Crippen LogP) is 1.51. The van der Waals surface area contributed by atoms with E-state index < -0.39 is 29.8 Å². The number of benzene rings is 1. The van der Waals surface area contributed by atoms with Gasteiger partial charge in [0.2, 0.25) is 17.7 Å². The number of para-hydroxylation sites is 1. The number of carbonyl (C=O) groups is 3. The van der Waals surface area contributed by atoms with Crippen molar-refractivity contribution < 1.29 is 23.9 Å². The van der Waals surface area contributed by atoms with Crippen molar-refractivity contribution in [2.75, 3.05) is 20.3 Å². The summed E-state index contributed by atoms with van der Waals surface area (Å²) in [6.45, 7) is 6.55. The summed E-state index contributed by atoms with van der Waals surface area (Å²) >= 11 is 0. The molecule has 1 aromatic carbocycles. The standard InChI is InChI=1S/C24H34N4O5.ClH/c1-14(25-4)21(29)27-17-10-12-33-19-13-24(2,3)20(28(19)23(17)31)22(30)26-16-9-11-32-18-8-6-5-7-15(16)18;/h5-8,14,16-17,19-20,25H,9-13H2,1-4H3,(H,26,30)(H,27,29);1H/t14-,16+,17-,19-,20+;/m0./s1. The molecule has 1 aromatic rings. The van der Waals surface area contributed by atoms with Crippen LogP contribution in [0.4, 0.5) is 0 Å². The van der Waals surface area contributed by atoms with Gasteiger partial charge in [-0.2, -0.15) is 0 Å². The summed E-state index contributed by atoms with van der Waals surface area (Å²) in [6, 6.07) is 5.63. The number of nitrogens with one attached hydrogen (secondary N) is 3. The Balaban J connectivity index is 0.00000324. The number of hydrogen-bond acceptors (Lipinski definition) is 6. The van der Waals surface area contributed by atoms with Gasteiger partial charge in [-0.25, -0.2) is 0 Å². The average molecular weight is 495 g/mol. The summed E-state index contributed by atoms with van der Waals surface area (Å²) in [6.07, 6.45) is 1.09. The van der Waals surface area contributed by atoms with Crippen molar-refractivity contribution >= 4 is 30.1 Å². The molecule has 0 saturated carbocycles. The molecule has 188 valence electrons. The van der Waals surface area contributed by atoms with E-state index in [2.05, 4.69) is 16.0 Å². The summed E-state index contributed by atoms with van der Waals surface area (Å²) < 4.78 is 11.7. The highest BCUT2D eigenvalue weighted by Crippen LogP contribution is 2.43. The molecule has 0 spiro atoms. The van der Waals surface area contributed by atoms with Gasteiger partial charge >= 0.3 is 0 Å². The van der Waals surface area contributed by atoms with E-state index in [1.54, 1.807) is 18.9 Å². The first-order valence-electron chi connectivity index (χ1n) is 11.7. The molecule has 3 heterocycles. The second kappa shape index (κ2) is 10.5. The monoisotopic (exact) mass is 494 g/mol. The van der Waals surface area contributed by atoms with Gasteiger partial charge in [-0.3, -0.25) is 14.4 Å². The Labute approximate surface area is 206 Å². The number of ether oxygens (including phenoxy) is 2. The van der Waals surface area contributed by atoms with Crippen LogP contribution in [0.25, 0.3) is 0 Å². The van der Waals surface area contributed by atoms with Gasteiger partial charge in [0.25, 0.3) is 0 Å². The van der Waals surface area contributed by atoms with Crippen LogP contribution in [0, 0.1) is 5.41 Å². The van der Waals surface area contributed by atoms with Gasteiger partial charge in [0.05, 0.1) is 25.3 Å². The normalized spacial score (nSPS) is 28.4. The van der Waals surface area contributed by atoms with E-state index in [0.29, 0.717) is 32.5 Å². The summed E-state index contributed by atoms with van der Waals surface area (Å²) in [5.74, 6) is 0.0322. The third kappa shape index (κ3) is 5.01. The van der Waals surface area contributed by atoms with E-state index in [0.717, 1.165) is 11.3 Å². The summed E-state index contributed by atoms with van der Waals surface area (Å²) in [5, 5.41) is 8.88. The zero-order valence-corrected chi connectivity index (χ0v) is 20.9. The molecule has 0 bridgehead atoms. The van der Waals surface area contributed by atoms with Gasteiger partial charge < -0.3 is 30.3 Å². The number of fused-ring (bicyclic) bond motifs is 2. The zero-order valence-electron chi connectivity index (χ0n) is 20.1. The maximum absolute atomic E-state index is 13.6. The molecule has 3 amide bonds. The molecule has 3 N–H and O–H groups in total. The SMILES string of the molecule is CN[C@@H](C)C(=O)N[C@H]1CCO[C@H]2CC(C)(C)[C@@H](C(=O)N[C@@H]3CCOc4ccccc43)N2C1=O.Cl. The topological polar surface area (TPSA) is 109 Å². The Morgan fingerprint density at radius 3 is 2.56 bits per heavy atom. The maximum Gasteiger partial charge on any atom is 0.247 e. The third-order valence-electron chi connectivity index (χ3n) is 6.96. The number of nitrogens with zero attached hydrogens (tertiary/aromatic N) is 1. The molecule has 3 aliphatic rings. The lowest BCUT2D eigenvalue weighted by atomic mass is 9.83. The van der Waals surface area contributed by atoms with Gasteiger partial charge in [-0.15, -0.1) is 12.4 Å². The van der Waals surface area contributed by atoms with Gasteiger partial charge in [0, 0.05) is 18.4 Å². The quantitative estimate of drug-likeness (QED) is 0.572. The van der Waals surface area contributed by atoms with Crippen LogP contribution in [-0.4, -0.2) is 67.2 Å². The highest BCUT2D eigenvalue weighted by Gasteiger charge is 2.55. The van der Waals surface area contributed by atoms with Crippen LogP contribution < -0.4 is 20.7 Å². The second-order valence-corrected chi connectivity index (χ2v) is 9.76. The molecule has 0 aromatic heterocycles. The molecule has 4 rings (SSSR count). The summed E-state index contributed by atoms with van der Waals surface area (Å²) in [7, 11) is 1.69. The Kier molecular flexibility index (Phi) is 8.10. The average Bonchev–Trinajstić information content (AvgIpc) is 2.99. The maximum atomic E-state index is 13.6. The molecule has 9 nitrogen and oxygen atoms in total. The fraction of sp³-hybridized carbons (Fsp3) is 0.625. The second-order valence-electron chi connectivity index (χ2n) is 9.76. The van der Waals surface area contributed by atoms with E-state index in [4.69, 9.17) is 9.47 Å². The van der Waals surface area contributed by atoms with Crippen LogP contribution in [0.15, 0.2) is 24.3 Å². The van der Waals surface area contributed by atoms with E-state index in [1.165, 1.54) is 0 Å². The minimum absolute atomic E-state index is 0. The molecule has 2 saturated heterocycles. The first-order chi connectivity index (χ1) is 15.7. The Hall–Kier alpha value is -2.36. The zero-order chi connectivity index (χ0) is 23.8. The Bertz CT molecular complexity index is 926. The predicted molar refractivity (Wildman–Crippen MR) is 129 cm³/mol. The van der Waals surface area contributed by atoms with Crippen molar-refractivity contribution in [3.63, 3.8) is 0 Å². The molecular weight excluding hydrogens is 460 g/mol. The van der Waals surface area contributed by atoms with Crippen molar-refractivity contribution in [2.45, 2.75) is 70.4 Å². The number of rotatable bonds is 5. The Morgan fingerprint density at radius 1 is 1.12 bits per heavy atom. The number of carbonyl (C=O) groups excluding carboxylic acids is 3. The van der Waals surface area contributed by atoms with Crippen molar-refractivity contribution in [1.29, 1.82) is 0 Å². The van der Waals surface area contributed by atoms with Gasteiger partial charge in [-0.1, -0.05) is 32.0 Å². The fourth-order valence-corrected chi connectivity index (χ4v) is 5.02. The lowest BCUT2D eigenvalue weighted by molar-refractivity contribution is -0.150. The molecule has 10 heteroatoms. The lowest BCUT2D eigenvalue weighted by Gasteiger charge is -2.35. The highest BCUT2D eigenvalue weighted by molar-refractivity contribution is 5.94.